The molecule has 0 bridgehead atoms. The van der Waals surface area contributed by atoms with Gasteiger partial charge in [-0.25, -0.2) is 4.98 Å². The van der Waals surface area contributed by atoms with Crippen LogP contribution in [0.5, 0.6) is 0 Å². The summed E-state index contributed by atoms with van der Waals surface area (Å²) in [5.41, 5.74) is 0. The van der Waals surface area contributed by atoms with E-state index in [0.29, 0.717) is 19.4 Å². The average molecular weight is 459 g/mol. The van der Waals surface area contributed by atoms with Crippen molar-refractivity contribution in [3.8, 4) is 0 Å². The van der Waals surface area contributed by atoms with E-state index in [9.17, 15) is 4.79 Å². The highest BCUT2D eigenvalue weighted by atomic mass is 79.9. The lowest BCUT2D eigenvalue weighted by Crippen LogP contribution is -2.04. The minimum Gasteiger partial charge on any atom is -0.466 e. The third kappa shape index (κ3) is 4.76. The first-order valence-electron chi connectivity index (χ1n) is 5.56. The summed E-state index contributed by atoms with van der Waals surface area (Å²) < 4.78 is 8.32. The second-order valence-corrected chi connectivity index (χ2v) is 9.04. The van der Waals surface area contributed by atoms with Gasteiger partial charge >= 0.3 is 5.97 Å². The van der Waals surface area contributed by atoms with Crippen LogP contribution in [-0.2, 0) is 16.0 Å². The molecule has 0 spiro atoms. The molecule has 0 radical (unpaired) electrons. The van der Waals surface area contributed by atoms with Crippen LogP contribution < -0.4 is 0 Å². The Morgan fingerprint density at radius 2 is 2.10 bits per heavy atom. The lowest BCUT2D eigenvalue weighted by Gasteiger charge is -1.98. The molecule has 0 amide bonds. The molecule has 0 aliphatic rings. The standard InChI is InChI=1S/C10H9Br2N3O2S3/c1-2-17-6(16)4-3-5-14-15-10(18-5)20-9-13-7(11)8(12)19-9/h2-4H2,1H3. The molecule has 5 nitrogen and oxygen atoms in total. The first kappa shape index (κ1) is 16.3. The predicted molar refractivity (Wildman–Crippen MR) is 86.5 cm³/mol. The molecule has 2 rings (SSSR count). The Hall–Kier alpha value is -0.0300. The van der Waals surface area contributed by atoms with Crippen molar-refractivity contribution in [1.29, 1.82) is 0 Å². The minimum atomic E-state index is -0.204. The Morgan fingerprint density at radius 1 is 1.30 bits per heavy atom. The van der Waals surface area contributed by atoms with Gasteiger partial charge in [-0.15, -0.1) is 10.2 Å². The van der Waals surface area contributed by atoms with Gasteiger partial charge in [0.15, 0.2) is 8.68 Å². The molecule has 10 heteroatoms. The second-order valence-electron chi connectivity index (χ2n) is 3.41. The summed E-state index contributed by atoms with van der Waals surface area (Å²) in [6.45, 7) is 2.20. The summed E-state index contributed by atoms with van der Waals surface area (Å²) in [5.74, 6) is -0.204. The number of carbonyl (C=O) groups excluding carboxylic acids is 1. The number of hydrogen-bond donors (Lipinski definition) is 0. The van der Waals surface area contributed by atoms with Crippen molar-refractivity contribution in [3.05, 3.63) is 13.4 Å². The lowest BCUT2D eigenvalue weighted by atomic mass is 10.3. The van der Waals surface area contributed by atoms with E-state index in [1.165, 1.54) is 34.4 Å². The number of nitrogens with zero attached hydrogens (tertiary/aromatic N) is 3. The van der Waals surface area contributed by atoms with Crippen LogP contribution in [-0.4, -0.2) is 27.8 Å². The first-order valence-corrected chi connectivity index (χ1v) is 9.59. The molecule has 0 N–H and O–H groups in total. The van der Waals surface area contributed by atoms with Gasteiger partial charge in [-0.1, -0.05) is 22.7 Å². The summed E-state index contributed by atoms with van der Waals surface area (Å²) >= 11 is 11.2. The van der Waals surface area contributed by atoms with E-state index in [4.69, 9.17) is 4.74 Å². The van der Waals surface area contributed by atoms with Gasteiger partial charge in [-0.3, -0.25) is 4.79 Å². The summed E-state index contributed by atoms with van der Waals surface area (Å²) in [6, 6.07) is 0. The molecular formula is C10H9Br2N3O2S3. The number of carbonyl (C=O) groups is 1. The van der Waals surface area contributed by atoms with Gasteiger partial charge in [-0.05, 0) is 50.5 Å². The minimum absolute atomic E-state index is 0.204. The van der Waals surface area contributed by atoms with Crippen LogP contribution in [0, 0.1) is 0 Å². The number of aryl methyl sites for hydroxylation is 1. The van der Waals surface area contributed by atoms with Crippen LogP contribution in [0.4, 0.5) is 0 Å². The van der Waals surface area contributed by atoms with Crippen molar-refractivity contribution >= 4 is 72.3 Å². The van der Waals surface area contributed by atoms with Crippen molar-refractivity contribution in [2.75, 3.05) is 6.61 Å². The van der Waals surface area contributed by atoms with Crippen molar-refractivity contribution in [2.24, 2.45) is 0 Å². The third-order valence-electron chi connectivity index (χ3n) is 2.00. The van der Waals surface area contributed by atoms with Crippen LogP contribution in [0.15, 0.2) is 17.1 Å². The number of hydrogen-bond acceptors (Lipinski definition) is 8. The predicted octanol–water partition coefficient (Wildman–Crippen LogP) is 4.17. The SMILES string of the molecule is CCOC(=O)CCc1nnc(Sc2nc(Br)c(Br)s2)s1. The van der Waals surface area contributed by atoms with Crippen LogP contribution in [0.1, 0.15) is 18.4 Å². The average Bonchev–Trinajstić information content (AvgIpc) is 2.96. The molecule has 0 aliphatic carbocycles. The summed E-state index contributed by atoms with van der Waals surface area (Å²) in [7, 11) is 0. The first-order chi connectivity index (χ1) is 9.58. The Morgan fingerprint density at radius 3 is 2.75 bits per heavy atom. The van der Waals surface area contributed by atoms with E-state index < -0.39 is 0 Å². The second kappa shape index (κ2) is 7.83. The molecule has 2 aromatic rings. The fourth-order valence-electron chi connectivity index (χ4n) is 1.21. The maximum absolute atomic E-state index is 11.3. The van der Waals surface area contributed by atoms with Gasteiger partial charge in [0.05, 0.1) is 13.0 Å². The smallest absolute Gasteiger partial charge is 0.306 e. The van der Waals surface area contributed by atoms with Gasteiger partial charge in [0.2, 0.25) is 0 Å². The number of ether oxygens (including phenoxy) is 1. The highest BCUT2D eigenvalue weighted by Gasteiger charge is 2.12. The van der Waals surface area contributed by atoms with Gasteiger partial charge < -0.3 is 4.74 Å². The van der Waals surface area contributed by atoms with E-state index in [-0.39, 0.29) is 5.97 Å². The quantitative estimate of drug-likeness (QED) is 0.605. The Labute approximate surface area is 144 Å². The molecule has 0 aliphatic heterocycles. The summed E-state index contributed by atoms with van der Waals surface area (Å²) in [4.78, 5) is 15.6. The molecule has 108 valence electrons. The van der Waals surface area contributed by atoms with E-state index in [0.717, 1.165) is 22.1 Å². The number of aromatic nitrogens is 3. The summed E-state index contributed by atoms with van der Waals surface area (Å²) in [6.07, 6.45) is 0.893. The zero-order chi connectivity index (χ0) is 14.5. The molecule has 0 saturated carbocycles. The topological polar surface area (TPSA) is 65.0 Å². The molecular weight excluding hydrogens is 450 g/mol. The number of halogens is 2. The summed E-state index contributed by atoms with van der Waals surface area (Å²) in [5, 5.41) is 8.99. The molecule has 0 atom stereocenters. The third-order valence-corrected chi connectivity index (χ3v) is 7.17. The maximum Gasteiger partial charge on any atom is 0.306 e. The molecule has 2 heterocycles. The van der Waals surface area contributed by atoms with Crippen molar-refractivity contribution in [3.63, 3.8) is 0 Å². The molecule has 0 saturated heterocycles. The van der Waals surface area contributed by atoms with E-state index >= 15 is 0 Å². The zero-order valence-corrected chi connectivity index (χ0v) is 15.9. The van der Waals surface area contributed by atoms with Crippen molar-refractivity contribution in [2.45, 2.75) is 28.4 Å². The number of rotatable bonds is 6. The van der Waals surface area contributed by atoms with E-state index in [1.807, 2.05) is 0 Å². The fraction of sp³-hybridized carbons (Fsp3) is 0.400. The van der Waals surface area contributed by atoms with Crippen LogP contribution in [0.2, 0.25) is 0 Å². The number of thiazole rings is 1. The Kier molecular flexibility index (Phi) is 6.40. The molecule has 0 fully saturated rings. The lowest BCUT2D eigenvalue weighted by molar-refractivity contribution is -0.143. The van der Waals surface area contributed by atoms with Gasteiger partial charge in [0, 0.05) is 6.42 Å². The Balaban J connectivity index is 1.90. The maximum atomic E-state index is 11.3. The number of esters is 1. The molecule has 2 aromatic heterocycles. The van der Waals surface area contributed by atoms with E-state index in [2.05, 4.69) is 47.0 Å². The van der Waals surface area contributed by atoms with Crippen LogP contribution in [0.25, 0.3) is 0 Å². The highest BCUT2D eigenvalue weighted by Crippen LogP contribution is 2.38. The Bertz CT molecular complexity index is 583. The van der Waals surface area contributed by atoms with E-state index in [1.54, 1.807) is 6.92 Å². The van der Waals surface area contributed by atoms with Gasteiger partial charge in [-0.2, -0.15) is 0 Å². The monoisotopic (exact) mass is 457 g/mol. The molecule has 20 heavy (non-hydrogen) atoms. The normalized spacial score (nSPS) is 10.8. The zero-order valence-electron chi connectivity index (χ0n) is 10.3. The van der Waals surface area contributed by atoms with Crippen LogP contribution in [0.3, 0.4) is 0 Å². The van der Waals surface area contributed by atoms with Gasteiger partial charge in [0.25, 0.3) is 0 Å². The largest absolute Gasteiger partial charge is 0.466 e. The van der Waals surface area contributed by atoms with Crippen molar-refractivity contribution < 1.29 is 9.53 Å². The molecule has 0 aromatic carbocycles. The molecule has 0 unspecified atom stereocenters. The van der Waals surface area contributed by atoms with Crippen molar-refractivity contribution in [1.82, 2.24) is 15.2 Å². The fourth-order valence-corrected chi connectivity index (χ4v) is 5.59. The highest BCUT2D eigenvalue weighted by molar-refractivity contribution is 9.13. The van der Waals surface area contributed by atoms with Gasteiger partial charge in [0.1, 0.15) is 13.4 Å². The van der Waals surface area contributed by atoms with Crippen LogP contribution >= 0.6 is 66.3 Å².